The van der Waals surface area contributed by atoms with Crippen LogP contribution in [0.5, 0.6) is 0 Å². The molecule has 0 spiro atoms. The van der Waals surface area contributed by atoms with Crippen LogP contribution in [0.1, 0.15) is 35.7 Å². The van der Waals surface area contributed by atoms with Crippen LogP contribution in [0.15, 0.2) is 21.5 Å². The highest BCUT2D eigenvalue weighted by Crippen LogP contribution is 2.26. The normalized spacial score (nSPS) is 11.8. The van der Waals surface area contributed by atoms with E-state index in [4.69, 9.17) is 5.11 Å². The van der Waals surface area contributed by atoms with E-state index in [2.05, 4.69) is 15.9 Å². The molecule has 0 aliphatic carbocycles. The number of sulfonamides is 1. The molecule has 0 heterocycles. The van der Waals surface area contributed by atoms with Gasteiger partial charge in [0.15, 0.2) is 0 Å². The molecule has 0 unspecified atom stereocenters. The summed E-state index contributed by atoms with van der Waals surface area (Å²) in [7, 11) is -2.17. The van der Waals surface area contributed by atoms with Crippen LogP contribution < -0.4 is 0 Å². The van der Waals surface area contributed by atoms with Gasteiger partial charge in [0, 0.05) is 18.1 Å². The van der Waals surface area contributed by atoms with Crippen molar-refractivity contribution in [2.45, 2.75) is 31.6 Å². The molecule has 0 aromatic heterocycles. The molecule has 1 N–H and O–H groups in total. The van der Waals surface area contributed by atoms with E-state index >= 15 is 0 Å². The standard InChI is InChI=1S/C13H18BrNO4S/c1-4-5-6-15(3)20(18,19)10-7-11(13(16)17)9(2)12(14)8-10/h7-8H,4-6H2,1-3H3,(H,16,17). The summed E-state index contributed by atoms with van der Waals surface area (Å²) in [6.07, 6.45) is 1.65. The maximum Gasteiger partial charge on any atom is 0.336 e. The molecule has 0 fully saturated rings. The summed E-state index contributed by atoms with van der Waals surface area (Å²) >= 11 is 3.21. The van der Waals surface area contributed by atoms with E-state index in [9.17, 15) is 13.2 Å². The first kappa shape index (κ1) is 17.1. The number of halogens is 1. The van der Waals surface area contributed by atoms with Crippen molar-refractivity contribution in [2.24, 2.45) is 0 Å². The summed E-state index contributed by atoms with van der Waals surface area (Å²) in [5, 5.41) is 9.13. The van der Waals surface area contributed by atoms with E-state index in [0.717, 1.165) is 12.8 Å². The highest BCUT2D eigenvalue weighted by Gasteiger charge is 2.23. The van der Waals surface area contributed by atoms with Gasteiger partial charge in [0.05, 0.1) is 10.5 Å². The lowest BCUT2D eigenvalue weighted by Gasteiger charge is -2.18. The fourth-order valence-electron chi connectivity index (χ4n) is 1.71. The Labute approximate surface area is 127 Å². The zero-order valence-electron chi connectivity index (χ0n) is 11.7. The van der Waals surface area contributed by atoms with Crippen LogP contribution >= 0.6 is 15.9 Å². The minimum absolute atomic E-state index is 0.00835. The molecule has 20 heavy (non-hydrogen) atoms. The third-order valence-electron chi connectivity index (χ3n) is 3.08. The smallest absolute Gasteiger partial charge is 0.336 e. The fraction of sp³-hybridized carbons (Fsp3) is 0.462. The number of aromatic carboxylic acids is 1. The van der Waals surface area contributed by atoms with Gasteiger partial charge in [-0.3, -0.25) is 0 Å². The fourth-order valence-corrected chi connectivity index (χ4v) is 3.58. The van der Waals surface area contributed by atoms with E-state index in [1.54, 1.807) is 6.92 Å². The molecule has 0 bridgehead atoms. The quantitative estimate of drug-likeness (QED) is 0.842. The Morgan fingerprint density at radius 1 is 1.40 bits per heavy atom. The number of unbranched alkanes of at least 4 members (excludes halogenated alkanes) is 1. The zero-order valence-corrected chi connectivity index (χ0v) is 14.1. The number of hydrogen-bond acceptors (Lipinski definition) is 3. The van der Waals surface area contributed by atoms with Gasteiger partial charge in [-0.2, -0.15) is 0 Å². The number of carboxylic acids is 1. The van der Waals surface area contributed by atoms with Crippen LogP contribution in [0, 0.1) is 6.92 Å². The lowest BCUT2D eigenvalue weighted by Crippen LogP contribution is -2.28. The van der Waals surface area contributed by atoms with Crippen molar-refractivity contribution in [2.75, 3.05) is 13.6 Å². The molecule has 0 saturated carbocycles. The number of carbonyl (C=O) groups is 1. The second-order valence-corrected chi connectivity index (χ2v) is 7.46. The van der Waals surface area contributed by atoms with Gasteiger partial charge in [0.2, 0.25) is 10.0 Å². The van der Waals surface area contributed by atoms with Crippen LogP contribution in [0.4, 0.5) is 0 Å². The predicted molar refractivity (Wildman–Crippen MR) is 80.6 cm³/mol. The van der Waals surface area contributed by atoms with E-state index in [1.807, 2.05) is 6.92 Å². The van der Waals surface area contributed by atoms with Gasteiger partial charge in [-0.15, -0.1) is 0 Å². The second kappa shape index (κ2) is 6.69. The Morgan fingerprint density at radius 3 is 2.50 bits per heavy atom. The molecule has 0 atom stereocenters. The van der Waals surface area contributed by atoms with Crippen LogP contribution in [-0.4, -0.2) is 37.4 Å². The number of carboxylic acid groups (broad SMARTS) is 1. The van der Waals surface area contributed by atoms with E-state index in [-0.39, 0.29) is 10.5 Å². The molecule has 1 aromatic carbocycles. The van der Waals surface area contributed by atoms with Crippen molar-refractivity contribution >= 4 is 31.9 Å². The van der Waals surface area contributed by atoms with Crippen molar-refractivity contribution in [3.63, 3.8) is 0 Å². The van der Waals surface area contributed by atoms with Crippen LogP contribution in [0.3, 0.4) is 0 Å². The number of benzene rings is 1. The lowest BCUT2D eigenvalue weighted by atomic mass is 10.1. The summed E-state index contributed by atoms with van der Waals surface area (Å²) in [5.41, 5.74) is 0.495. The van der Waals surface area contributed by atoms with Crippen molar-refractivity contribution < 1.29 is 18.3 Å². The lowest BCUT2D eigenvalue weighted by molar-refractivity contribution is 0.0695. The van der Waals surface area contributed by atoms with Gasteiger partial charge in [0.25, 0.3) is 0 Å². The predicted octanol–water partition coefficient (Wildman–Crippen LogP) is 2.88. The van der Waals surface area contributed by atoms with Gasteiger partial charge in [-0.1, -0.05) is 29.3 Å². The second-order valence-electron chi connectivity index (χ2n) is 4.56. The first-order valence-corrected chi connectivity index (χ1v) is 8.45. The first-order valence-electron chi connectivity index (χ1n) is 6.21. The third-order valence-corrected chi connectivity index (χ3v) is 5.74. The number of rotatable bonds is 6. The minimum atomic E-state index is -3.67. The SMILES string of the molecule is CCCCN(C)S(=O)(=O)c1cc(Br)c(C)c(C(=O)O)c1. The van der Waals surface area contributed by atoms with E-state index < -0.39 is 16.0 Å². The largest absolute Gasteiger partial charge is 0.478 e. The Bertz CT molecular complexity index is 613. The summed E-state index contributed by atoms with van der Waals surface area (Å²) in [6, 6.07) is 2.65. The monoisotopic (exact) mass is 363 g/mol. The van der Waals surface area contributed by atoms with Gasteiger partial charge in [-0.25, -0.2) is 17.5 Å². The van der Waals surface area contributed by atoms with Crippen LogP contribution in [0.2, 0.25) is 0 Å². The molecule has 1 rings (SSSR count). The number of nitrogens with zero attached hydrogens (tertiary/aromatic N) is 1. The van der Waals surface area contributed by atoms with Crippen molar-refractivity contribution in [1.29, 1.82) is 0 Å². The molecule has 1 aromatic rings. The first-order chi connectivity index (χ1) is 9.21. The highest BCUT2D eigenvalue weighted by atomic mass is 79.9. The number of hydrogen-bond donors (Lipinski definition) is 1. The molecule has 0 amide bonds. The molecule has 0 saturated heterocycles. The third kappa shape index (κ3) is 3.59. The van der Waals surface area contributed by atoms with Crippen molar-refractivity contribution in [3.8, 4) is 0 Å². The topological polar surface area (TPSA) is 74.7 Å². The van der Waals surface area contributed by atoms with Crippen molar-refractivity contribution in [1.82, 2.24) is 4.31 Å². The highest BCUT2D eigenvalue weighted by molar-refractivity contribution is 9.10. The van der Waals surface area contributed by atoms with Gasteiger partial charge in [-0.05, 0) is 31.0 Å². The molecular weight excluding hydrogens is 346 g/mol. The maximum absolute atomic E-state index is 12.4. The zero-order chi connectivity index (χ0) is 15.5. The maximum atomic E-state index is 12.4. The molecule has 5 nitrogen and oxygen atoms in total. The Hall–Kier alpha value is -0.920. The van der Waals surface area contributed by atoms with Crippen LogP contribution in [-0.2, 0) is 10.0 Å². The van der Waals surface area contributed by atoms with Gasteiger partial charge < -0.3 is 5.11 Å². The average Bonchev–Trinajstić information content (AvgIpc) is 2.38. The Kier molecular flexibility index (Phi) is 5.73. The van der Waals surface area contributed by atoms with Gasteiger partial charge >= 0.3 is 5.97 Å². The van der Waals surface area contributed by atoms with E-state index in [1.165, 1.54) is 23.5 Å². The summed E-state index contributed by atoms with van der Waals surface area (Å²) in [4.78, 5) is 11.2. The molecule has 112 valence electrons. The summed E-state index contributed by atoms with van der Waals surface area (Å²) in [6.45, 7) is 4.02. The molecule has 0 radical (unpaired) electrons. The van der Waals surface area contributed by atoms with Gasteiger partial charge in [0.1, 0.15) is 0 Å². The molecular formula is C13H18BrNO4S. The summed E-state index contributed by atoms with van der Waals surface area (Å²) < 4.78 is 26.5. The molecule has 0 aliphatic rings. The molecule has 0 aliphatic heterocycles. The Balaban J connectivity index is 3.29. The summed E-state index contributed by atoms with van der Waals surface area (Å²) in [5.74, 6) is -1.14. The van der Waals surface area contributed by atoms with Crippen LogP contribution in [0.25, 0.3) is 0 Å². The van der Waals surface area contributed by atoms with E-state index in [0.29, 0.717) is 16.6 Å². The molecule has 7 heteroatoms. The minimum Gasteiger partial charge on any atom is -0.478 e. The van der Waals surface area contributed by atoms with Crippen molar-refractivity contribution in [3.05, 3.63) is 27.7 Å². The average molecular weight is 364 g/mol. The Morgan fingerprint density at radius 2 is 2.00 bits per heavy atom.